The number of hydrogen-bond acceptors (Lipinski definition) is 4. The molecule has 2 amide bonds. The van der Waals surface area contributed by atoms with Gasteiger partial charge in [0, 0.05) is 37.0 Å². The van der Waals surface area contributed by atoms with Crippen molar-refractivity contribution in [1.82, 2.24) is 10.2 Å². The van der Waals surface area contributed by atoms with Gasteiger partial charge in [-0.15, -0.1) is 0 Å². The number of urea groups is 1. The molecule has 2 unspecified atom stereocenters. The Morgan fingerprint density at radius 1 is 1.43 bits per heavy atom. The van der Waals surface area contributed by atoms with Crippen LogP contribution in [0.1, 0.15) is 12.8 Å². The fourth-order valence-corrected chi connectivity index (χ4v) is 3.11. The Morgan fingerprint density at radius 2 is 2.29 bits per heavy atom. The van der Waals surface area contributed by atoms with Gasteiger partial charge in [0.2, 0.25) is 0 Å². The van der Waals surface area contributed by atoms with Crippen molar-refractivity contribution in [3.05, 3.63) is 34.4 Å². The smallest absolute Gasteiger partial charge is 0.321 e. The summed E-state index contributed by atoms with van der Waals surface area (Å²) < 4.78 is 0. The summed E-state index contributed by atoms with van der Waals surface area (Å²) >= 11 is 0. The fraction of sp³-hybridized carbons (Fsp3) is 0.500. The van der Waals surface area contributed by atoms with Crippen LogP contribution in [0.15, 0.2) is 24.3 Å². The highest BCUT2D eigenvalue weighted by atomic mass is 16.6. The summed E-state index contributed by atoms with van der Waals surface area (Å²) in [6, 6.07) is 6.20. The molecule has 2 N–H and O–H groups in total. The lowest BCUT2D eigenvalue weighted by Gasteiger charge is -2.24. The Labute approximate surface area is 122 Å². The van der Waals surface area contributed by atoms with Crippen LogP contribution in [0.25, 0.3) is 0 Å². The van der Waals surface area contributed by atoms with Crippen LogP contribution in [0, 0.1) is 16.0 Å². The Morgan fingerprint density at radius 3 is 3.05 bits per heavy atom. The van der Waals surface area contributed by atoms with E-state index >= 15 is 0 Å². The van der Waals surface area contributed by atoms with Gasteiger partial charge in [-0.3, -0.25) is 10.1 Å². The molecular weight excluding hydrogens is 272 g/mol. The summed E-state index contributed by atoms with van der Waals surface area (Å²) in [5.74, 6) is 0.523. The third kappa shape index (κ3) is 2.97. The Kier molecular flexibility index (Phi) is 3.74. The molecule has 2 atom stereocenters. The van der Waals surface area contributed by atoms with Crippen molar-refractivity contribution in [3.8, 4) is 0 Å². The van der Waals surface area contributed by atoms with Gasteiger partial charge in [-0.25, -0.2) is 4.79 Å². The predicted octanol–water partition coefficient (Wildman–Crippen LogP) is 1.81. The van der Waals surface area contributed by atoms with Crippen molar-refractivity contribution in [1.29, 1.82) is 0 Å². The van der Waals surface area contributed by atoms with Crippen molar-refractivity contribution in [3.63, 3.8) is 0 Å². The maximum atomic E-state index is 12.3. The zero-order chi connectivity index (χ0) is 14.8. The molecule has 1 aromatic carbocycles. The van der Waals surface area contributed by atoms with E-state index in [1.807, 2.05) is 0 Å². The van der Waals surface area contributed by atoms with Crippen molar-refractivity contribution >= 4 is 17.4 Å². The van der Waals surface area contributed by atoms with Crippen LogP contribution in [-0.2, 0) is 0 Å². The summed E-state index contributed by atoms with van der Waals surface area (Å²) in [6.07, 6.45) is 2.31. The number of likely N-dealkylation sites (tertiary alicyclic amines) is 1. The maximum Gasteiger partial charge on any atom is 0.321 e. The number of rotatable bonds is 2. The van der Waals surface area contributed by atoms with E-state index in [1.165, 1.54) is 12.1 Å². The molecule has 0 aromatic heterocycles. The first-order chi connectivity index (χ1) is 10.1. The number of nitro benzene ring substituents is 1. The van der Waals surface area contributed by atoms with Gasteiger partial charge >= 0.3 is 6.03 Å². The minimum Gasteiger partial charge on any atom is -0.323 e. The third-order valence-corrected chi connectivity index (χ3v) is 4.19. The van der Waals surface area contributed by atoms with E-state index in [2.05, 4.69) is 10.6 Å². The molecule has 2 aliphatic heterocycles. The van der Waals surface area contributed by atoms with Gasteiger partial charge in [-0.1, -0.05) is 6.07 Å². The summed E-state index contributed by atoms with van der Waals surface area (Å²) in [4.78, 5) is 24.3. The zero-order valence-electron chi connectivity index (χ0n) is 11.6. The maximum absolute atomic E-state index is 12.3. The average molecular weight is 290 g/mol. The highest BCUT2D eigenvalue weighted by Crippen LogP contribution is 2.25. The molecule has 0 saturated carbocycles. The molecule has 2 aliphatic rings. The lowest BCUT2D eigenvalue weighted by molar-refractivity contribution is -0.384. The molecule has 1 aromatic rings. The van der Waals surface area contributed by atoms with Crippen molar-refractivity contribution in [2.75, 3.05) is 25.0 Å². The first kappa shape index (κ1) is 13.8. The Hall–Kier alpha value is -2.15. The number of carbonyl (C=O) groups excluding carboxylic acids is 1. The van der Waals surface area contributed by atoms with Crippen LogP contribution in [0.4, 0.5) is 16.2 Å². The second kappa shape index (κ2) is 5.69. The molecule has 2 saturated heterocycles. The van der Waals surface area contributed by atoms with Gasteiger partial charge < -0.3 is 15.5 Å². The molecular formula is C14H18N4O3. The molecule has 0 spiro atoms. The molecule has 21 heavy (non-hydrogen) atoms. The number of fused-ring (bicyclic) bond motifs is 1. The minimum absolute atomic E-state index is 0.0236. The largest absolute Gasteiger partial charge is 0.323 e. The van der Waals surface area contributed by atoms with Crippen LogP contribution in [0.2, 0.25) is 0 Å². The van der Waals surface area contributed by atoms with Crippen LogP contribution in [0.5, 0.6) is 0 Å². The third-order valence-electron chi connectivity index (χ3n) is 4.19. The number of carbonyl (C=O) groups is 1. The molecule has 7 nitrogen and oxygen atoms in total. The van der Waals surface area contributed by atoms with Gasteiger partial charge in [0.1, 0.15) is 0 Å². The van der Waals surface area contributed by atoms with E-state index < -0.39 is 4.92 Å². The van der Waals surface area contributed by atoms with E-state index in [-0.39, 0.29) is 11.7 Å². The van der Waals surface area contributed by atoms with Crippen LogP contribution in [0.3, 0.4) is 0 Å². The quantitative estimate of drug-likeness (QED) is 0.642. The van der Waals surface area contributed by atoms with Gasteiger partial charge in [-0.05, 0) is 31.4 Å². The van der Waals surface area contributed by atoms with Gasteiger partial charge in [0.15, 0.2) is 0 Å². The van der Waals surface area contributed by atoms with E-state index in [9.17, 15) is 14.9 Å². The number of benzene rings is 1. The number of nitro groups is 1. The monoisotopic (exact) mass is 290 g/mol. The lowest BCUT2D eigenvalue weighted by atomic mass is 9.94. The van der Waals surface area contributed by atoms with E-state index in [0.29, 0.717) is 24.2 Å². The SMILES string of the molecule is O=C(Nc1cccc([N+](=O)[O-])c1)N1CC2CCCNC2C1. The molecule has 0 bridgehead atoms. The van der Waals surface area contributed by atoms with Gasteiger partial charge in [0.25, 0.3) is 5.69 Å². The lowest BCUT2D eigenvalue weighted by Crippen LogP contribution is -2.41. The van der Waals surface area contributed by atoms with E-state index in [0.717, 1.165) is 25.9 Å². The molecule has 7 heteroatoms. The highest BCUT2D eigenvalue weighted by Gasteiger charge is 2.36. The summed E-state index contributed by atoms with van der Waals surface area (Å²) in [5.41, 5.74) is 0.432. The fourth-order valence-electron chi connectivity index (χ4n) is 3.11. The van der Waals surface area contributed by atoms with Crippen molar-refractivity contribution < 1.29 is 9.72 Å². The van der Waals surface area contributed by atoms with E-state index in [4.69, 9.17) is 0 Å². The van der Waals surface area contributed by atoms with Crippen LogP contribution in [-0.4, -0.2) is 41.5 Å². The number of nitrogens with one attached hydrogen (secondary N) is 2. The normalized spacial score (nSPS) is 24.5. The van der Waals surface area contributed by atoms with Crippen molar-refractivity contribution in [2.24, 2.45) is 5.92 Å². The second-order valence-electron chi connectivity index (χ2n) is 5.61. The van der Waals surface area contributed by atoms with Gasteiger partial charge in [-0.2, -0.15) is 0 Å². The number of nitrogens with zero attached hydrogens (tertiary/aromatic N) is 2. The Bertz CT molecular complexity index is 549. The summed E-state index contributed by atoms with van der Waals surface area (Å²) in [7, 11) is 0. The van der Waals surface area contributed by atoms with E-state index in [1.54, 1.807) is 17.0 Å². The molecule has 2 fully saturated rings. The number of hydrogen-bond donors (Lipinski definition) is 2. The summed E-state index contributed by atoms with van der Waals surface area (Å²) in [6.45, 7) is 2.46. The number of anilines is 1. The number of non-ortho nitro benzene ring substituents is 1. The minimum atomic E-state index is -0.468. The first-order valence-corrected chi connectivity index (χ1v) is 7.17. The molecule has 0 aliphatic carbocycles. The highest BCUT2D eigenvalue weighted by molar-refractivity contribution is 5.89. The van der Waals surface area contributed by atoms with Crippen LogP contribution < -0.4 is 10.6 Å². The predicted molar refractivity (Wildman–Crippen MR) is 78.2 cm³/mol. The standard InChI is InChI=1S/C14H18N4O3/c19-14(16-11-4-1-5-12(7-11)18(20)21)17-8-10-3-2-6-15-13(10)9-17/h1,4-5,7,10,13,15H,2-3,6,8-9H2,(H,16,19). The second-order valence-corrected chi connectivity index (χ2v) is 5.61. The Balaban J connectivity index is 1.64. The average Bonchev–Trinajstić information content (AvgIpc) is 2.91. The van der Waals surface area contributed by atoms with Gasteiger partial charge in [0.05, 0.1) is 4.92 Å². The first-order valence-electron chi connectivity index (χ1n) is 7.17. The number of piperidine rings is 1. The van der Waals surface area contributed by atoms with Crippen LogP contribution >= 0.6 is 0 Å². The molecule has 0 radical (unpaired) electrons. The van der Waals surface area contributed by atoms with Crippen molar-refractivity contribution in [2.45, 2.75) is 18.9 Å². The summed E-state index contributed by atoms with van der Waals surface area (Å²) in [5, 5.41) is 16.9. The molecule has 3 rings (SSSR count). The topological polar surface area (TPSA) is 87.5 Å². The zero-order valence-corrected chi connectivity index (χ0v) is 11.6. The number of amides is 2. The molecule has 2 heterocycles. The molecule has 112 valence electrons.